The number of nitrogens with one attached hydrogen (secondary N) is 1. The van der Waals surface area contributed by atoms with Crippen molar-refractivity contribution in [2.24, 2.45) is 0 Å². The van der Waals surface area contributed by atoms with Gasteiger partial charge >= 0.3 is 0 Å². The first kappa shape index (κ1) is 14.5. The van der Waals surface area contributed by atoms with Gasteiger partial charge in [-0.05, 0) is 22.0 Å². The minimum Gasteiger partial charge on any atom is -0.486 e. The van der Waals surface area contributed by atoms with Gasteiger partial charge in [-0.1, -0.05) is 26.0 Å². The molecule has 0 unspecified atom stereocenters. The number of para-hydroxylation sites is 1. The molecule has 0 spiro atoms. The molecule has 0 aliphatic heterocycles. The number of nitrogens with zero attached hydrogens (tertiary/aromatic N) is 1. The summed E-state index contributed by atoms with van der Waals surface area (Å²) in [4.78, 5) is 4.23. The van der Waals surface area contributed by atoms with Gasteiger partial charge in [0.1, 0.15) is 12.4 Å². The van der Waals surface area contributed by atoms with Gasteiger partial charge in [0.15, 0.2) is 0 Å². The molecule has 3 nitrogen and oxygen atoms in total. The molecule has 19 heavy (non-hydrogen) atoms. The van der Waals surface area contributed by atoms with Crippen LogP contribution in [-0.2, 0) is 13.2 Å². The number of hydrogen-bond donors (Lipinski definition) is 1. The summed E-state index contributed by atoms with van der Waals surface area (Å²) in [7, 11) is 0. The van der Waals surface area contributed by atoms with Crippen LogP contribution in [0.2, 0.25) is 0 Å². The molecule has 1 aromatic carbocycles. The Morgan fingerprint density at radius 1 is 1.42 bits per heavy atom. The molecule has 0 radical (unpaired) electrons. The zero-order chi connectivity index (χ0) is 13.7. The Morgan fingerprint density at radius 2 is 2.26 bits per heavy atom. The third-order valence-electron chi connectivity index (χ3n) is 2.60. The lowest BCUT2D eigenvalue weighted by Crippen LogP contribution is -2.22. The van der Waals surface area contributed by atoms with Crippen LogP contribution < -0.4 is 10.1 Å². The Kier molecular flexibility index (Phi) is 5.36. The Balaban J connectivity index is 2.08. The van der Waals surface area contributed by atoms with Gasteiger partial charge in [0.2, 0.25) is 0 Å². The predicted octanol–water partition coefficient (Wildman–Crippen LogP) is 3.98. The van der Waals surface area contributed by atoms with Gasteiger partial charge in [0, 0.05) is 23.5 Å². The maximum absolute atomic E-state index is 5.90. The van der Waals surface area contributed by atoms with Crippen LogP contribution in [0.4, 0.5) is 0 Å². The maximum atomic E-state index is 5.90. The Hall–Kier alpha value is -0.910. The van der Waals surface area contributed by atoms with Crippen LogP contribution in [0.25, 0.3) is 0 Å². The van der Waals surface area contributed by atoms with E-state index in [0.717, 1.165) is 28.0 Å². The van der Waals surface area contributed by atoms with Gasteiger partial charge < -0.3 is 10.1 Å². The highest BCUT2D eigenvalue weighted by atomic mass is 79.9. The molecule has 2 aromatic rings. The number of hydrogen-bond acceptors (Lipinski definition) is 4. The van der Waals surface area contributed by atoms with Crippen molar-refractivity contribution < 1.29 is 4.74 Å². The molecule has 1 N–H and O–H groups in total. The fourth-order valence-corrected chi connectivity index (χ4v) is 2.69. The molecule has 0 bridgehead atoms. The Labute approximate surface area is 126 Å². The van der Waals surface area contributed by atoms with Crippen LogP contribution in [0.15, 0.2) is 33.6 Å². The van der Waals surface area contributed by atoms with E-state index in [4.69, 9.17) is 4.74 Å². The molecule has 0 aliphatic rings. The normalized spacial score (nSPS) is 10.9. The molecule has 0 saturated carbocycles. The first-order chi connectivity index (χ1) is 9.16. The van der Waals surface area contributed by atoms with Gasteiger partial charge in [-0.25, -0.2) is 4.98 Å². The van der Waals surface area contributed by atoms with Crippen molar-refractivity contribution in [2.45, 2.75) is 33.0 Å². The Bertz CT molecular complexity index is 514. The summed E-state index contributed by atoms with van der Waals surface area (Å²) in [5, 5.41) is 5.41. The summed E-state index contributed by atoms with van der Waals surface area (Å²) in [5.41, 5.74) is 3.93. The van der Waals surface area contributed by atoms with Gasteiger partial charge in [-0.2, -0.15) is 0 Å². The molecular weight excluding hydrogens is 324 g/mol. The molecule has 102 valence electrons. The van der Waals surface area contributed by atoms with Crippen molar-refractivity contribution >= 4 is 27.3 Å². The van der Waals surface area contributed by atoms with Crippen LogP contribution in [0.3, 0.4) is 0 Å². The monoisotopic (exact) mass is 340 g/mol. The highest BCUT2D eigenvalue weighted by molar-refractivity contribution is 9.10. The molecule has 1 aromatic heterocycles. The molecular formula is C14H17BrN2OS. The fraction of sp³-hybridized carbons (Fsp3) is 0.357. The second-order valence-corrected chi connectivity index (χ2v) is 6.11. The van der Waals surface area contributed by atoms with Gasteiger partial charge in [0.05, 0.1) is 15.7 Å². The molecule has 1 heterocycles. The van der Waals surface area contributed by atoms with Crippen molar-refractivity contribution in [1.82, 2.24) is 10.3 Å². The number of aromatic nitrogens is 1. The number of thiazole rings is 1. The predicted molar refractivity (Wildman–Crippen MR) is 82.6 cm³/mol. The summed E-state index contributed by atoms with van der Waals surface area (Å²) in [6.45, 7) is 5.56. The highest BCUT2D eigenvalue weighted by Gasteiger charge is 2.09. The second kappa shape index (κ2) is 7.03. The van der Waals surface area contributed by atoms with E-state index >= 15 is 0 Å². The van der Waals surface area contributed by atoms with E-state index < -0.39 is 0 Å². The molecule has 0 atom stereocenters. The minimum atomic E-state index is 0.449. The van der Waals surface area contributed by atoms with Crippen LogP contribution in [0, 0.1) is 0 Å². The first-order valence-corrected chi connectivity index (χ1v) is 7.91. The van der Waals surface area contributed by atoms with Crippen LogP contribution in [0.1, 0.15) is 25.1 Å². The van der Waals surface area contributed by atoms with Gasteiger partial charge in [-0.15, -0.1) is 11.3 Å². The molecule has 0 amide bonds. The summed E-state index contributed by atoms with van der Waals surface area (Å²) in [6.07, 6.45) is 0. The average Bonchev–Trinajstić information content (AvgIpc) is 2.88. The molecule has 5 heteroatoms. The van der Waals surface area contributed by atoms with Crippen molar-refractivity contribution in [3.8, 4) is 5.75 Å². The largest absolute Gasteiger partial charge is 0.486 e. The fourth-order valence-electron chi connectivity index (χ4n) is 1.62. The van der Waals surface area contributed by atoms with Gasteiger partial charge in [-0.3, -0.25) is 0 Å². The van der Waals surface area contributed by atoms with Crippen molar-refractivity contribution in [3.05, 3.63) is 44.8 Å². The lowest BCUT2D eigenvalue weighted by Gasteiger charge is -2.14. The summed E-state index contributed by atoms with van der Waals surface area (Å²) in [6, 6.07) is 6.55. The van der Waals surface area contributed by atoms with E-state index in [1.165, 1.54) is 0 Å². The number of rotatable bonds is 6. The standard InChI is InChI=1S/C14H17BrN2OS/c1-10(2)16-6-11-4-3-5-13(15)14(11)18-7-12-8-19-9-17-12/h3-5,8-10,16H,6-7H2,1-2H3. The van der Waals surface area contributed by atoms with E-state index in [1.54, 1.807) is 11.3 Å². The third kappa shape index (κ3) is 4.30. The van der Waals surface area contributed by atoms with E-state index in [9.17, 15) is 0 Å². The molecule has 0 fully saturated rings. The van der Waals surface area contributed by atoms with Crippen LogP contribution in [0.5, 0.6) is 5.75 Å². The SMILES string of the molecule is CC(C)NCc1cccc(Br)c1OCc1cscn1. The van der Waals surface area contributed by atoms with Crippen LogP contribution in [-0.4, -0.2) is 11.0 Å². The number of halogens is 1. The summed E-state index contributed by atoms with van der Waals surface area (Å²) >= 11 is 5.13. The highest BCUT2D eigenvalue weighted by Crippen LogP contribution is 2.29. The average molecular weight is 341 g/mol. The van der Waals surface area contributed by atoms with Gasteiger partial charge in [0.25, 0.3) is 0 Å². The van der Waals surface area contributed by atoms with Crippen molar-refractivity contribution in [2.75, 3.05) is 0 Å². The van der Waals surface area contributed by atoms with E-state index in [-0.39, 0.29) is 0 Å². The number of benzene rings is 1. The smallest absolute Gasteiger partial charge is 0.138 e. The molecule has 0 saturated heterocycles. The summed E-state index contributed by atoms with van der Waals surface area (Å²) < 4.78 is 6.88. The van der Waals surface area contributed by atoms with E-state index in [0.29, 0.717) is 12.6 Å². The van der Waals surface area contributed by atoms with Crippen LogP contribution >= 0.6 is 27.3 Å². The van der Waals surface area contributed by atoms with Crippen molar-refractivity contribution in [1.29, 1.82) is 0 Å². The second-order valence-electron chi connectivity index (χ2n) is 4.53. The first-order valence-electron chi connectivity index (χ1n) is 6.17. The zero-order valence-corrected chi connectivity index (χ0v) is 13.4. The van der Waals surface area contributed by atoms with Crippen molar-refractivity contribution in [3.63, 3.8) is 0 Å². The van der Waals surface area contributed by atoms with E-state index in [2.05, 4.69) is 46.1 Å². The van der Waals surface area contributed by atoms with E-state index in [1.807, 2.05) is 23.0 Å². The third-order valence-corrected chi connectivity index (χ3v) is 3.86. The maximum Gasteiger partial charge on any atom is 0.138 e. The summed E-state index contributed by atoms with van der Waals surface area (Å²) in [5.74, 6) is 0.892. The minimum absolute atomic E-state index is 0.449. The Morgan fingerprint density at radius 3 is 2.95 bits per heavy atom. The topological polar surface area (TPSA) is 34.1 Å². The lowest BCUT2D eigenvalue weighted by molar-refractivity contribution is 0.296. The molecule has 0 aliphatic carbocycles. The zero-order valence-electron chi connectivity index (χ0n) is 11.0. The lowest BCUT2D eigenvalue weighted by atomic mass is 10.2. The number of ether oxygens (including phenoxy) is 1. The quantitative estimate of drug-likeness (QED) is 0.863. The molecule has 2 rings (SSSR count).